The molecule has 2 saturated carbocycles. The summed E-state index contributed by atoms with van der Waals surface area (Å²) in [6, 6.07) is -2.25. The fourth-order valence-electron chi connectivity index (χ4n) is 6.73. The Morgan fingerprint density at radius 1 is 1.10 bits per heavy atom. The van der Waals surface area contributed by atoms with Gasteiger partial charge in [-0.15, -0.1) is 6.58 Å². The molecular formula is C31H52N4O6. The van der Waals surface area contributed by atoms with Crippen molar-refractivity contribution in [2.24, 2.45) is 29.1 Å². The number of ether oxygens (including phenoxy) is 1. The van der Waals surface area contributed by atoms with E-state index in [1.165, 1.54) is 6.08 Å². The van der Waals surface area contributed by atoms with E-state index in [-0.39, 0.29) is 47.6 Å². The highest BCUT2D eigenvalue weighted by Gasteiger charge is 2.69. The first kappa shape index (κ1) is 33.0. The zero-order valence-corrected chi connectivity index (χ0v) is 25.8. The zero-order valence-electron chi connectivity index (χ0n) is 25.8. The third-order valence-electron chi connectivity index (χ3n) is 9.69. The minimum absolute atomic E-state index is 0.0101. The third-order valence-corrected chi connectivity index (χ3v) is 9.69. The highest BCUT2D eigenvalue weighted by molar-refractivity contribution is 6.38. The van der Waals surface area contributed by atoms with E-state index in [1.54, 1.807) is 4.90 Å². The Morgan fingerprint density at radius 2 is 1.76 bits per heavy atom. The Hall–Kier alpha value is -2.46. The highest BCUT2D eigenvalue weighted by atomic mass is 16.6. The number of hydrogen-bond donors (Lipinski definition) is 4. The van der Waals surface area contributed by atoms with Crippen LogP contribution in [0.1, 0.15) is 86.5 Å². The van der Waals surface area contributed by atoms with E-state index in [0.717, 1.165) is 32.1 Å². The maximum atomic E-state index is 13.9. The van der Waals surface area contributed by atoms with Crippen LogP contribution in [0.3, 0.4) is 0 Å². The second-order valence-electron chi connectivity index (χ2n) is 13.1. The zero-order chi connectivity index (χ0) is 30.5. The van der Waals surface area contributed by atoms with E-state index in [4.69, 9.17) is 4.74 Å². The molecule has 41 heavy (non-hydrogen) atoms. The van der Waals surface area contributed by atoms with Gasteiger partial charge in [0.25, 0.3) is 5.91 Å². The number of ketones is 1. The van der Waals surface area contributed by atoms with Crippen LogP contribution in [-0.2, 0) is 19.1 Å². The number of carbonyl (C=O) groups excluding carboxylic acids is 4. The van der Waals surface area contributed by atoms with Crippen molar-refractivity contribution >= 4 is 23.7 Å². The molecule has 0 radical (unpaired) electrons. The highest BCUT2D eigenvalue weighted by Crippen LogP contribution is 2.65. The summed E-state index contributed by atoms with van der Waals surface area (Å²) in [6.07, 6.45) is 5.37. The van der Waals surface area contributed by atoms with Crippen LogP contribution in [0.25, 0.3) is 0 Å². The predicted molar refractivity (Wildman–Crippen MR) is 157 cm³/mol. The first-order chi connectivity index (χ1) is 19.3. The lowest BCUT2D eigenvalue weighted by Gasteiger charge is -2.41. The minimum atomic E-state index is -1.10. The Labute approximate surface area is 245 Å². The van der Waals surface area contributed by atoms with Gasteiger partial charge in [-0.1, -0.05) is 66.4 Å². The smallest absolute Gasteiger partial charge is 0.407 e. The van der Waals surface area contributed by atoms with E-state index in [1.807, 2.05) is 27.7 Å². The van der Waals surface area contributed by atoms with Crippen molar-refractivity contribution < 1.29 is 29.0 Å². The van der Waals surface area contributed by atoms with Crippen LogP contribution in [0.2, 0.25) is 0 Å². The number of rotatable bonds is 14. The van der Waals surface area contributed by atoms with Crippen LogP contribution in [0.5, 0.6) is 0 Å². The number of piperidine rings is 1. The molecule has 0 aromatic carbocycles. The molecule has 0 spiro atoms. The van der Waals surface area contributed by atoms with Crippen LogP contribution in [-0.4, -0.2) is 77.2 Å². The maximum absolute atomic E-state index is 13.9. The molecule has 3 unspecified atom stereocenters. The minimum Gasteiger partial charge on any atom is -0.446 e. The topological polar surface area (TPSA) is 137 Å². The summed E-state index contributed by atoms with van der Waals surface area (Å²) in [4.78, 5) is 53.9. The number of alkyl carbamates (subject to hydrolysis) is 1. The van der Waals surface area contributed by atoms with Gasteiger partial charge >= 0.3 is 6.09 Å². The van der Waals surface area contributed by atoms with E-state index in [9.17, 15) is 24.3 Å². The molecule has 4 N–H and O–H groups in total. The van der Waals surface area contributed by atoms with Gasteiger partial charge in [0.2, 0.25) is 11.7 Å². The van der Waals surface area contributed by atoms with Crippen molar-refractivity contribution in [2.75, 3.05) is 13.1 Å². The normalized spacial score (nSPS) is 26.7. The summed E-state index contributed by atoms with van der Waals surface area (Å²) in [5, 5.41) is 20.2. The summed E-state index contributed by atoms with van der Waals surface area (Å²) >= 11 is 0. The Kier molecular flexibility index (Phi) is 11.4. The number of carbonyl (C=O) groups is 4. The average Bonchev–Trinajstić information content (AvgIpc) is 3.25. The lowest BCUT2D eigenvalue weighted by molar-refractivity contribution is -0.142. The van der Waals surface area contributed by atoms with E-state index in [2.05, 4.69) is 36.4 Å². The van der Waals surface area contributed by atoms with E-state index < -0.39 is 42.1 Å². The Balaban J connectivity index is 1.82. The molecule has 10 heteroatoms. The molecule has 0 aromatic rings. The fourth-order valence-corrected chi connectivity index (χ4v) is 6.73. The lowest BCUT2D eigenvalue weighted by Crippen LogP contribution is -2.61. The molecule has 0 aromatic heterocycles. The summed E-state index contributed by atoms with van der Waals surface area (Å²) in [5.41, 5.74) is -0.0940. The molecule has 1 aliphatic heterocycles. The van der Waals surface area contributed by atoms with Gasteiger partial charge in [0.15, 0.2) is 0 Å². The van der Waals surface area contributed by atoms with Crippen molar-refractivity contribution in [2.45, 2.75) is 117 Å². The second kappa shape index (κ2) is 14.1. The first-order valence-electron chi connectivity index (χ1n) is 15.5. The molecule has 1 saturated heterocycles. The number of Topliss-reactive ketones (excluding diaryl/α,β-unsaturated/α-hetero) is 1. The van der Waals surface area contributed by atoms with Crippen LogP contribution in [0.15, 0.2) is 12.7 Å². The van der Waals surface area contributed by atoms with Crippen LogP contribution < -0.4 is 16.0 Å². The van der Waals surface area contributed by atoms with Crippen molar-refractivity contribution in [1.29, 1.82) is 0 Å². The number of nitrogens with zero attached hydrogens (tertiary/aromatic N) is 1. The van der Waals surface area contributed by atoms with E-state index >= 15 is 0 Å². The average molecular weight is 577 g/mol. The number of aliphatic hydroxyl groups is 1. The molecule has 3 rings (SSSR count). The molecule has 3 aliphatic rings. The number of hydrogen-bond acceptors (Lipinski definition) is 7. The predicted octanol–water partition coefficient (Wildman–Crippen LogP) is 3.14. The quantitative estimate of drug-likeness (QED) is 0.184. The lowest BCUT2D eigenvalue weighted by atomic mass is 9.82. The number of aliphatic hydroxyl groups excluding tert-OH is 1. The van der Waals surface area contributed by atoms with Crippen molar-refractivity contribution in [3.8, 4) is 0 Å². The van der Waals surface area contributed by atoms with Gasteiger partial charge in [-0.2, -0.15) is 0 Å². The third kappa shape index (κ3) is 7.69. The summed E-state index contributed by atoms with van der Waals surface area (Å²) in [7, 11) is 0. The van der Waals surface area contributed by atoms with Crippen molar-refractivity contribution in [3.05, 3.63) is 12.7 Å². The van der Waals surface area contributed by atoms with Crippen LogP contribution >= 0.6 is 0 Å². The molecule has 7 atom stereocenters. The molecule has 10 nitrogen and oxygen atoms in total. The van der Waals surface area contributed by atoms with Gasteiger partial charge < -0.3 is 25.8 Å². The van der Waals surface area contributed by atoms with Gasteiger partial charge in [0.05, 0.1) is 18.1 Å². The summed E-state index contributed by atoms with van der Waals surface area (Å²) in [6.45, 7) is 16.1. The van der Waals surface area contributed by atoms with E-state index in [0.29, 0.717) is 19.4 Å². The Morgan fingerprint density at radius 3 is 2.34 bits per heavy atom. The molecular weight excluding hydrogens is 524 g/mol. The van der Waals surface area contributed by atoms with Gasteiger partial charge in [0.1, 0.15) is 12.3 Å². The van der Waals surface area contributed by atoms with Crippen molar-refractivity contribution in [1.82, 2.24) is 20.9 Å². The monoisotopic (exact) mass is 576 g/mol. The SMILES string of the molecule is C=CCNC(=O)C(=O)C(CCC)NC(=O)[C@@H]1[C@@H]2C(CN1[C@@H](O)[C@@H](NC(=O)OC(C)C(C)C)C1CCCCC1)C2(C)C. The summed E-state index contributed by atoms with van der Waals surface area (Å²) in [5.74, 6) is -1.43. The van der Waals surface area contributed by atoms with Gasteiger partial charge in [-0.3, -0.25) is 19.3 Å². The van der Waals surface area contributed by atoms with Crippen molar-refractivity contribution in [3.63, 3.8) is 0 Å². The molecule has 0 bridgehead atoms. The Bertz CT molecular complexity index is 962. The molecule has 3 fully saturated rings. The largest absolute Gasteiger partial charge is 0.446 e. The molecule has 232 valence electrons. The second-order valence-corrected chi connectivity index (χ2v) is 13.1. The maximum Gasteiger partial charge on any atom is 0.407 e. The van der Waals surface area contributed by atoms with Crippen LogP contribution in [0.4, 0.5) is 4.79 Å². The van der Waals surface area contributed by atoms with Gasteiger partial charge in [0, 0.05) is 13.1 Å². The summed E-state index contributed by atoms with van der Waals surface area (Å²) < 4.78 is 5.60. The molecule has 2 aliphatic carbocycles. The first-order valence-corrected chi connectivity index (χ1v) is 15.5. The van der Waals surface area contributed by atoms with Crippen LogP contribution in [0, 0.1) is 29.1 Å². The standard InChI is InChI=1S/C31H52N4O6/c1-8-13-22(26(36)28(38)32-16-9-2)33-27(37)25-23-21(31(23,6)7)17-35(25)29(39)24(20-14-11-10-12-15-20)34-30(40)41-19(5)18(3)4/h9,18-25,29,39H,2,8,10-17H2,1,3-7H3,(H,32,38)(H,33,37)(H,34,40)/t19?,21?,22?,23-,24-,25-,29-/m0/s1. The van der Waals surface area contributed by atoms with Gasteiger partial charge in [-0.05, 0) is 55.3 Å². The fraction of sp³-hybridized carbons (Fsp3) is 0.806. The molecule has 3 amide bonds. The van der Waals surface area contributed by atoms with Gasteiger partial charge in [-0.25, -0.2) is 4.79 Å². The number of likely N-dealkylation sites (tertiary alicyclic amines) is 1. The molecule has 1 heterocycles. The number of amides is 3. The number of fused-ring (bicyclic) bond motifs is 1. The number of nitrogens with one attached hydrogen (secondary N) is 3.